The molecule has 0 atom stereocenters. The molecule has 1 aromatic rings. The highest BCUT2D eigenvalue weighted by molar-refractivity contribution is 6.51. The second-order valence-corrected chi connectivity index (χ2v) is 1.88. The van der Waals surface area contributed by atoms with E-state index in [9.17, 15) is 0 Å². The van der Waals surface area contributed by atoms with E-state index in [1.807, 2.05) is 24.1 Å². The zero-order valence-electron chi connectivity index (χ0n) is 5.26. The van der Waals surface area contributed by atoms with Gasteiger partial charge in [-0.05, 0) is 5.46 Å². The van der Waals surface area contributed by atoms with Crippen molar-refractivity contribution >= 4 is 12.7 Å². The van der Waals surface area contributed by atoms with Crippen LogP contribution in [0.1, 0.15) is 0 Å². The maximum absolute atomic E-state index is 4.00. The molecular weight excluding hydrogens is 98.9 g/mol. The molecule has 0 saturated heterocycles. The number of nitrogens with zero attached hydrogens (tertiary/aromatic N) is 2. The molecule has 42 valence electrons. The predicted molar refractivity (Wildman–Crippen MR) is 35.9 cm³/mol. The van der Waals surface area contributed by atoms with E-state index >= 15 is 0 Å². The van der Waals surface area contributed by atoms with Gasteiger partial charge in [-0.15, -0.1) is 0 Å². The highest BCUT2D eigenvalue weighted by Crippen LogP contribution is 1.73. The van der Waals surface area contributed by atoms with Crippen LogP contribution in [-0.4, -0.2) is 17.1 Å². The van der Waals surface area contributed by atoms with Crippen LogP contribution in [0.15, 0.2) is 12.4 Å². The van der Waals surface area contributed by atoms with Crippen LogP contribution in [0.5, 0.6) is 0 Å². The van der Waals surface area contributed by atoms with E-state index in [2.05, 4.69) is 11.9 Å². The van der Waals surface area contributed by atoms with Crippen molar-refractivity contribution in [2.24, 2.45) is 7.05 Å². The summed E-state index contributed by atoms with van der Waals surface area (Å²) in [5.74, 6) is 0. The Bertz CT molecular complexity index is 171. The summed E-state index contributed by atoms with van der Waals surface area (Å²) < 4.78 is 1.82. The van der Waals surface area contributed by atoms with Gasteiger partial charge in [-0.25, -0.2) is 0 Å². The van der Waals surface area contributed by atoms with E-state index in [1.54, 1.807) is 0 Å². The Kier molecular flexibility index (Phi) is 1.37. The number of aromatic nitrogens is 2. The molecule has 0 spiro atoms. The summed E-state index contributed by atoms with van der Waals surface area (Å²) in [6.45, 7) is 2.12. The molecule has 2 nitrogen and oxygen atoms in total. The third kappa shape index (κ3) is 0.913. The highest BCUT2D eigenvalue weighted by atomic mass is 15.2. The number of hydrogen-bond donors (Lipinski definition) is 0. The van der Waals surface area contributed by atoms with Gasteiger partial charge in [0.15, 0.2) is 7.28 Å². The fraction of sp³-hybridized carbons (Fsp3) is 0.400. The lowest BCUT2D eigenvalue weighted by Gasteiger charge is -1.80. The van der Waals surface area contributed by atoms with Gasteiger partial charge in [-0.1, -0.05) is 6.82 Å². The second kappa shape index (κ2) is 2.03. The molecule has 1 rings (SSSR count). The van der Waals surface area contributed by atoms with Gasteiger partial charge in [0.1, 0.15) is 0 Å². The van der Waals surface area contributed by atoms with E-state index in [4.69, 9.17) is 0 Å². The Labute approximate surface area is 49.8 Å². The minimum atomic E-state index is 1.08. The first-order valence-corrected chi connectivity index (χ1v) is 2.80. The van der Waals surface area contributed by atoms with Crippen LogP contribution in [0.4, 0.5) is 0 Å². The van der Waals surface area contributed by atoms with Gasteiger partial charge in [-0.2, -0.15) is 5.10 Å². The second-order valence-electron chi connectivity index (χ2n) is 1.88. The zero-order valence-corrected chi connectivity index (χ0v) is 5.26. The molecule has 1 aromatic heterocycles. The SMILES string of the molecule is CBc1cnn(C)c1. The maximum Gasteiger partial charge on any atom is 0.158 e. The Balaban J connectivity index is 2.84. The highest BCUT2D eigenvalue weighted by Gasteiger charge is 1.89. The molecule has 0 fully saturated rings. The minimum Gasteiger partial charge on any atom is -0.276 e. The summed E-state index contributed by atoms with van der Waals surface area (Å²) in [4.78, 5) is 0. The van der Waals surface area contributed by atoms with Crippen LogP contribution in [0.3, 0.4) is 0 Å². The molecule has 1 heterocycles. The largest absolute Gasteiger partial charge is 0.276 e. The molecule has 0 saturated carbocycles. The van der Waals surface area contributed by atoms with Crippen molar-refractivity contribution in [2.45, 2.75) is 6.82 Å². The molecular formula is C5H9BN2. The Morgan fingerprint density at radius 3 is 2.75 bits per heavy atom. The normalized spacial score (nSPS) is 9.25. The van der Waals surface area contributed by atoms with Crippen LogP contribution in [0.2, 0.25) is 6.82 Å². The van der Waals surface area contributed by atoms with Gasteiger partial charge < -0.3 is 0 Å². The quantitative estimate of drug-likeness (QED) is 0.444. The van der Waals surface area contributed by atoms with Crippen LogP contribution in [0, 0.1) is 0 Å². The molecule has 0 amide bonds. The van der Waals surface area contributed by atoms with Crippen LogP contribution >= 0.6 is 0 Å². The summed E-state index contributed by atoms with van der Waals surface area (Å²) >= 11 is 0. The Morgan fingerprint density at radius 1 is 1.75 bits per heavy atom. The summed E-state index contributed by atoms with van der Waals surface area (Å²) in [7, 11) is 3.01. The van der Waals surface area contributed by atoms with E-state index in [-0.39, 0.29) is 0 Å². The molecule has 0 aliphatic rings. The Hall–Kier alpha value is -0.725. The third-order valence-electron chi connectivity index (χ3n) is 1.17. The Morgan fingerprint density at radius 2 is 2.50 bits per heavy atom. The van der Waals surface area contributed by atoms with E-state index in [1.165, 1.54) is 5.46 Å². The van der Waals surface area contributed by atoms with Gasteiger partial charge in [-0.3, -0.25) is 4.68 Å². The zero-order chi connectivity index (χ0) is 5.98. The van der Waals surface area contributed by atoms with E-state index in [0.717, 1.165) is 7.28 Å². The minimum absolute atomic E-state index is 1.08. The smallest absolute Gasteiger partial charge is 0.158 e. The van der Waals surface area contributed by atoms with Gasteiger partial charge in [0.25, 0.3) is 0 Å². The van der Waals surface area contributed by atoms with Crippen molar-refractivity contribution in [3.8, 4) is 0 Å². The fourth-order valence-electron chi connectivity index (χ4n) is 0.654. The van der Waals surface area contributed by atoms with E-state index in [0.29, 0.717) is 0 Å². The predicted octanol–water partition coefficient (Wildman–Crippen LogP) is -0.470. The summed E-state index contributed by atoms with van der Waals surface area (Å²) in [6, 6.07) is 0. The van der Waals surface area contributed by atoms with Crippen molar-refractivity contribution in [1.29, 1.82) is 0 Å². The molecule has 0 unspecified atom stereocenters. The molecule has 0 N–H and O–H groups in total. The molecule has 8 heavy (non-hydrogen) atoms. The maximum atomic E-state index is 4.00. The topological polar surface area (TPSA) is 17.8 Å². The van der Waals surface area contributed by atoms with Gasteiger partial charge in [0.05, 0.1) is 0 Å². The van der Waals surface area contributed by atoms with E-state index < -0.39 is 0 Å². The molecule has 0 aliphatic carbocycles. The lowest BCUT2D eigenvalue weighted by Crippen LogP contribution is -2.06. The molecule has 0 aliphatic heterocycles. The van der Waals surface area contributed by atoms with Crippen LogP contribution in [0.25, 0.3) is 0 Å². The first-order valence-electron chi connectivity index (χ1n) is 2.80. The van der Waals surface area contributed by atoms with Gasteiger partial charge in [0, 0.05) is 19.4 Å². The first-order chi connectivity index (χ1) is 3.83. The number of aryl methyl sites for hydroxylation is 1. The van der Waals surface area contributed by atoms with Crippen molar-refractivity contribution in [1.82, 2.24) is 9.78 Å². The summed E-state index contributed by atoms with van der Waals surface area (Å²) in [5, 5.41) is 4.00. The summed E-state index contributed by atoms with van der Waals surface area (Å²) in [5.41, 5.74) is 1.30. The van der Waals surface area contributed by atoms with Crippen LogP contribution < -0.4 is 5.46 Å². The average Bonchev–Trinajstić information content (AvgIpc) is 2.14. The number of hydrogen-bond acceptors (Lipinski definition) is 1. The molecule has 0 aromatic carbocycles. The third-order valence-corrected chi connectivity index (χ3v) is 1.17. The van der Waals surface area contributed by atoms with Gasteiger partial charge in [0.2, 0.25) is 0 Å². The molecule has 0 bridgehead atoms. The first kappa shape index (κ1) is 5.41. The summed E-state index contributed by atoms with van der Waals surface area (Å²) in [6.07, 6.45) is 3.92. The lowest BCUT2D eigenvalue weighted by molar-refractivity contribution is 0.768. The van der Waals surface area contributed by atoms with Crippen molar-refractivity contribution < 1.29 is 0 Å². The monoisotopic (exact) mass is 108 g/mol. The fourth-order valence-corrected chi connectivity index (χ4v) is 0.654. The van der Waals surface area contributed by atoms with Crippen molar-refractivity contribution in [3.05, 3.63) is 12.4 Å². The number of rotatable bonds is 1. The van der Waals surface area contributed by atoms with Crippen molar-refractivity contribution in [2.75, 3.05) is 0 Å². The molecule has 3 heteroatoms. The van der Waals surface area contributed by atoms with Crippen molar-refractivity contribution in [3.63, 3.8) is 0 Å². The standard InChI is InChI=1S/C5H9BN2/c1-6-5-3-7-8(2)4-5/h3-4,6H,1-2H3. The molecule has 0 radical (unpaired) electrons. The lowest BCUT2D eigenvalue weighted by atomic mass is 9.76. The average molecular weight is 108 g/mol. The van der Waals surface area contributed by atoms with Crippen LogP contribution in [-0.2, 0) is 7.05 Å². The van der Waals surface area contributed by atoms with Gasteiger partial charge >= 0.3 is 0 Å².